The second-order valence-electron chi connectivity index (χ2n) is 4.77. The lowest BCUT2D eigenvalue weighted by Gasteiger charge is -2.30. The number of nitrogens with zero attached hydrogens (tertiary/aromatic N) is 1. The van der Waals surface area contributed by atoms with Gasteiger partial charge in [0, 0.05) is 12.1 Å². The molecule has 2 aromatic carbocycles. The van der Waals surface area contributed by atoms with E-state index in [9.17, 15) is 0 Å². The third kappa shape index (κ3) is 1.70. The zero-order chi connectivity index (χ0) is 12.4. The second-order valence-corrected chi connectivity index (χ2v) is 4.77. The highest BCUT2D eigenvalue weighted by atomic mass is 15.4. The van der Waals surface area contributed by atoms with Gasteiger partial charge >= 0.3 is 0 Å². The Kier molecular flexibility index (Phi) is 2.63. The smallest absolute Gasteiger partial charge is 0.110 e. The van der Waals surface area contributed by atoms with Crippen molar-refractivity contribution >= 4 is 5.71 Å². The summed E-state index contributed by atoms with van der Waals surface area (Å²) in [4.78, 5) is 0. The van der Waals surface area contributed by atoms with Crippen molar-refractivity contribution in [1.29, 1.82) is 0 Å². The fourth-order valence-corrected chi connectivity index (χ4v) is 2.60. The number of nitrogens with one attached hydrogen (secondary N) is 1. The number of hydrogen-bond donors (Lipinski definition) is 1. The van der Waals surface area contributed by atoms with Crippen molar-refractivity contribution in [2.45, 2.75) is 18.9 Å². The predicted molar refractivity (Wildman–Crippen MR) is 74.5 cm³/mol. The standard InChI is InChI=1S/C16H16N2/c1-13-12-16(18-17-13,14-8-4-2-5-9-14)15-10-6-3-7-11-15/h2-11,18H,12H2,1H3. The lowest BCUT2D eigenvalue weighted by atomic mass is 9.80. The summed E-state index contributed by atoms with van der Waals surface area (Å²) in [7, 11) is 0. The first-order valence-electron chi connectivity index (χ1n) is 6.23. The molecule has 0 radical (unpaired) electrons. The molecule has 1 heterocycles. The predicted octanol–water partition coefficient (Wildman–Crippen LogP) is 3.30. The van der Waals surface area contributed by atoms with Crippen molar-refractivity contribution in [2.24, 2.45) is 5.10 Å². The van der Waals surface area contributed by atoms with E-state index in [0.717, 1.165) is 12.1 Å². The minimum absolute atomic E-state index is 0.202. The number of rotatable bonds is 2. The summed E-state index contributed by atoms with van der Waals surface area (Å²) in [6.07, 6.45) is 0.918. The van der Waals surface area contributed by atoms with E-state index >= 15 is 0 Å². The molecule has 3 rings (SSSR count). The van der Waals surface area contributed by atoms with Crippen LogP contribution in [0.1, 0.15) is 24.5 Å². The van der Waals surface area contributed by atoms with Crippen molar-refractivity contribution in [3.05, 3.63) is 71.8 Å². The van der Waals surface area contributed by atoms with Gasteiger partial charge in [0.2, 0.25) is 0 Å². The average Bonchev–Trinajstić information content (AvgIpc) is 2.84. The van der Waals surface area contributed by atoms with E-state index in [-0.39, 0.29) is 5.54 Å². The highest BCUT2D eigenvalue weighted by Crippen LogP contribution is 2.36. The van der Waals surface area contributed by atoms with Gasteiger partial charge < -0.3 is 0 Å². The lowest BCUT2D eigenvalue weighted by molar-refractivity contribution is 0.460. The molecule has 0 saturated heterocycles. The monoisotopic (exact) mass is 236 g/mol. The van der Waals surface area contributed by atoms with E-state index in [1.807, 2.05) is 12.1 Å². The van der Waals surface area contributed by atoms with Gasteiger partial charge in [-0.3, -0.25) is 5.43 Å². The molecule has 0 aliphatic carbocycles. The van der Waals surface area contributed by atoms with Crippen LogP contribution in [-0.2, 0) is 5.54 Å². The fraction of sp³-hybridized carbons (Fsp3) is 0.188. The molecule has 90 valence electrons. The Hall–Kier alpha value is -2.09. The minimum Gasteiger partial charge on any atom is -0.295 e. The van der Waals surface area contributed by atoms with Gasteiger partial charge in [-0.15, -0.1) is 0 Å². The van der Waals surface area contributed by atoms with Crippen LogP contribution >= 0.6 is 0 Å². The van der Waals surface area contributed by atoms with Crippen molar-refractivity contribution in [3.63, 3.8) is 0 Å². The van der Waals surface area contributed by atoms with E-state index in [1.165, 1.54) is 11.1 Å². The van der Waals surface area contributed by atoms with Crippen LogP contribution < -0.4 is 5.43 Å². The van der Waals surface area contributed by atoms with Crippen LogP contribution in [0.3, 0.4) is 0 Å². The van der Waals surface area contributed by atoms with Crippen molar-refractivity contribution in [3.8, 4) is 0 Å². The average molecular weight is 236 g/mol. The lowest BCUT2D eigenvalue weighted by Crippen LogP contribution is -2.37. The summed E-state index contributed by atoms with van der Waals surface area (Å²) in [5.41, 5.74) is 6.80. The van der Waals surface area contributed by atoms with Gasteiger partial charge in [-0.2, -0.15) is 5.10 Å². The molecule has 2 heteroatoms. The van der Waals surface area contributed by atoms with Crippen molar-refractivity contribution in [2.75, 3.05) is 0 Å². The van der Waals surface area contributed by atoms with Gasteiger partial charge in [-0.25, -0.2) is 0 Å². The zero-order valence-electron chi connectivity index (χ0n) is 10.4. The number of hydrazone groups is 1. The molecule has 1 aliphatic rings. The van der Waals surface area contributed by atoms with Crippen LogP contribution in [-0.4, -0.2) is 5.71 Å². The normalized spacial score (nSPS) is 17.1. The zero-order valence-corrected chi connectivity index (χ0v) is 10.4. The third-order valence-electron chi connectivity index (χ3n) is 3.49. The fourth-order valence-electron chi connectivity index (χ4n) is 2.60. The van der Waals surface area contributed by atoms with Crippen LogP contribution in [0.4, 0.5) is 0 Å². The van der Waals surface area contributed by atoms with Crippen molar-refractivity contribution < 1.29 is 0 Å². The molecule has 2 nitrogen and oxygen atoms in total. The Bertz CT molecular complexity index is 519. The van der Waals surface area contributed by atoms with Crippen LogP contribution in [0.5, 0.6) is 0 Å². The molecule has 0 fully saturated rings. The Balaban J connectivity index is 2.12. The van der Waals surface area contributed by atoms with Crippen LogP contribution in [0.25, 0.3) is 0 Å². The molecule has 18 heavy (non-hydrogen) atoms. The van der Waals surface area contributed by atoms with Gasteiger partial charge in [0.05, 0.1) is 0 Å². The SMILES string of the molecule is CC1=NNC(c2ccccc2)(c2ccccc2)C1. The largest absolute Gasteiger partial charge is 0.295 e. The van der Waals surface area contributed by atoms with Gasteiger partial charge in [0.25, 0.3) is 0 Å². The molecule has 0 amide bonds. The molecule has 0 saturated carbocycles. The highest BCUT2D eigenvalue weighted by molar-refractivity contribution is 5.85. The van der Waals surface area contributed by atoms with Gasteiger partial charge in [0.1, 0.15) is 5.54 Å². The Morgan fingerprint density at radius 1 is 0.889 bits per heavy atom. The topological polar surface area (TPSA) is 24.4 Å². The van der Waals surface area contributed by atoms with E-state index in [1.54, 1.807) is 0 Å². The quantitative estimate of drug-likeness (QED) is 0.850. The molecule has 0 unspecified atom stereocenters. The molecule has 1 aliphatic heterocycles. The molecule has 0 aromatic heterocycles. The molecule has 1 N–H and O–H groups in total. The molecule has 0 bridgehead atoms. The van der Waals surface area contributed by atoms with Crippen LogP contribution in [0.15, 0.2) is 65.8 Å². The molecule has 2 aromatic rings. The molecule has 0 spiro atoms. The maximum Gasteiger partial charge on any atom is 0.110 e. The maximum atomic E-state index is 4.41. The van der Waals surface area contributed by atoms with E-state index < -0.39 is 0 Å². The summed E-state index contributed by atoms with van der Waals surface area (Å²) in [5, 5.41) is 4.41. The summed E-state index contributed by atoms with van der Waals surface area (Å²) in [6.45, 7) is 2.07. The Morgan fingerprint density at radius 3 is 1.78 bits per heavy atom. The van der Waals surface area contributed by atoms with E-state index in [2.05, 4.69) is 66.0 Å². The van der Waals surface area contributed by atoms with Gasteiger partial charge in [-0.1, -0.05) is 60.7 Å². The Morgan fingerprint density at radius 2 is 1.39 bits per heavy atom. The van der Waals surface area contributed by atoms with Crippen LogP contribution in [0.2, 0.25) is 0 Å². The third-order valence-corrected chi connectivity index (χ3v) is 3.49. The van der Waals surface area contributed by atoms with Crippen LogP contribution in [0, 0.1) is 0 Å². The number of hydrogen-bond acceptors (Lipinski definition) is 2. The van der Waals surface area contributed by atoms with Gasteiger partial charge in [0.15, 0.2) is 0 Å². The Labute approximate surface area is 107 Å². The summed E-state index contributed by atoms with van der Waals surface area (Å²) >= 11 is 0. The first-order chi connectivity index (χ1) is 8.81. The second kappa shape index (κ2) is 4.30. The highest BCUT2D eigenvalue weighted by Gasteiger charge is 2.37. The minimum atomic E-state index is -0.202. The first-order valence-corrected chi connectivity index (χ1v) is 6.23. The molecular formula is C16H16N2. The maximum absolute atomic E-state index is 4.41. The summed E-state index contributed by atoms with van der Waals surface area (Å²) in [5.74, 6) is 0. The first kappa shape index (κ1) is 11.0. The van der Waals surface area contributed by atoms with E-state index in [4.69, 9.17) is 0 Å². The van der Waals surface area contributed by atoms with Gasteiger partial charge in [-0.05, 0) is 18.1 Å². The summed E-state index contributed by atoms with van der Waals surface area (Å²) in [6, 6.07) is 21.1. The number of benzene rings is 2. The molecular weight excluding hydrogens is 220 g/mol. The molecule has 0 atom stereocenters. The summed E-state index contributed by atoms with van der Waals surface area (Å²) < 4.78 is 0. The van der Waals surface area contributed by atoms with Crippen molar-refractivity contribution in [1.82, 2.24) is 5.43 Å². The van der Waals surface area contributed by atoms with E-state index in [0.29, 0.717) is 0 Å².